The molecule has 140 valence electrons. The fourth-order valence-electron chi connectivity index (χ4n) is 2.67. The lowest BCUT2D eigenvalue weighted by Gasteiger charge is -2.12. The van der Waals surface area contributed by atoms with Crippen LogP contribution >= 0.6 is 11.3 Å². The maximum Gasteiger partial charge on any atom is 0.330 e. The van der Waals surface area contributed by atoms with Crippen molar-refractivity contribution in [2.75, 3.05) is 11.9 Å². The molecular formula is C18H19N5O3S. The topological polar surface area (TPSA) is 99.0 Å². The summed E-state index contributed by atoms with van der Waals surface area (Å²) in [7, 11) is 0. The Balaban J connectivity index is 1.51. The van der Waals surface area contributed by atoms with Gasteiger partial charge in [-0.15, -0.1) is 21.5 Å². The lowest BCUT2D eigenvalue weighted by molar-refractivity contribution is -0.148. The highest BCUT2D eigenvalue weighted by atomic mass is 32.1. The minimum Gasteiger partial charge on any atom is -0.454 e. The van der Waals surface area contributed by atoms with Crippen molar-refractivity contribution in [2.24, 2.45) is 0 Å². The Morgan fingerprint density at radius 2 is 1.96 bits per heavy atom. The number of nitrogens with one attached hydrogen (secondary N) is 1. The fourth-order valence-corrected chi connectivity index (χ4v) is 3.32. The van der Waals surface area contributed by atoms with Gasteiger partial charge in [0.05, 0.1) is 4.88 Å². The van der Waals surface area contributed by atoms with Gasteiger partial charge in [-0.1, -0.05) is 23.8 Å². The van der Waals surface area contributed by atoms with Crippen molar-refractivity contribution in [2.45, 2.75) is 27.3 Å². The molecule has 1 N–H and O–H groups in total. The summed E-state index contributed by atoms with van der Waals surface area (Å²) in [6.07, 6.45) is 0. The molecule has 3 aromatic rings. The Bertz CT molecular complexity index is 942. The number of hydrogen-bond acceptors (Lipinski definition) is 7. The van der Waals surface area contributed by atoms with Gasteiger partial charge in [-0.05, 0) is 48.6 Å². The molecule has 0 bridgehead atoms. The number of nitrogens with zero attached hydrogens (tertiary/aromatic N) is 4. The monoisotopic (exact) mass is 385 g/mol. The largest absolute Gasteiger partial charge is 0.454 e. The van der Waals surface area contributed by atoms with Gasteiger partial charge in [-0.2, -0.15) is 4.80 Å². The van der Waals surface area contributed by atoms with Gasteiger partial charge in [0.25, 0.3) is 5.91 Å². The third-order valence-corrected chi connectivity index (χ3v) is 4.64. The molecule has 0 aliphatic carbocycles. The van der Waals surface area contributed by atoms with E-state index in [-0.39, 0.29) is 13.2 Å². The van der Waals surface area contributed by atoms with E-state index >= 15 is 0 Å². The third kappa shape index (κ3) is 4.76. The second-order valence-electron chi connectivity index (χ2n) is 6.10. The number of tetrazole rings is 1. The van der Waals surface area contributed by atoms with Gasteiger partial charge in [0.2, 0.25) is 5.82 Å². The predicted octanol–water partition coefficient (Wildman–Crippen LogP) is 2.51. The first-order chi connectivity index (χ1) is 12.9. The minimum absolute atomic E-state index is 0.214. The number of amides is 1. The molecule has 0 aliphatic heterocycles. The van der Waals surface area contributed by atoms with Crippen LogP contribution < -0.4 is 5.32 Å². The highest BCUT2D eigenvalue weighted by Crippen LogP contribution is 2.22. The summed E-state index contributed by atoms with van der Waals surface area (Å²) in [5.74, 6) is -0.567. The molecule has 1 amide bonds. The van der Waals surface area contributed by atoms with Crippen LogP contribution in [0.3, 0.4) is 0 Å². The second-order valence-corrected chi connectivity index (χ2v) is 7.05. The van der Waals surface area contributed by atoms with Crippen molar-refractivity contribution in [1.82, 2.24) is 20.2 Å². The van der Waals surface area contributed by atoms with Gasteiger partial charge in [0.1, 0.15) is 0 Å². The van der Waals surface area contributed by atoms with Crippen LogP contribution in [0.4, 0.5) is 5.69 Å². The number of carbonyl (C=O) groups is 2. The number of thiophene rings is 1. The summed E-state index contributed by atoms with van der Waals surface area (Å²) < 4.78 is 5.01. The summed E-state index contributed by atoms with van der Waals surface area (Å²) >= 11 is 1.48. The zero-order valence-electron chi connectivity index (χ0n) is 15.2. The van der Waals surface area contributed by atoms with Crippen molar-refractivity contribution in [3.05, 3.63) is 46.3 Å². The van der Waals surface area contributed by atoms with E-state index in [0.717, 1.165) is 32.1 Å². The molecule has 2 heterocycles. The third-order valence-electron chi connectivity index (χ3n) is 3.77. The minimum atomic E-state index is -0.613. The average Bonchev–Trinajstić information content (AvgIpc) is 3.27. The maximum atomic E-state index is 12.1. The van der Waals surface area contributed by atoms with Crippen LogP contribution in [-0.2, 0) is 20.9 Å². The SMILES string of the molecule is Cc1cc(C)c(NC(=O)COC(=O)Cn2nnc(-c3cccs3)n2)c(C)c1. The average molecular weight is 385 g/mol. The van der Waals surface area contributed by atoms with E-state index in [4.69, 9.17) is 4.74 Å². The number of benzene rings is 1. The number of ether oxygens (including phenoxy) is 1. The Hall–Kier alpha value is -3.07. The molecule has 27 heavy (non-hydrogen) atoms. The van der Waals surface area contributed by atoms with Gasteiger partial charge < -0.3 is 10.1 Å². The Morgan fingerprint density at radius 3 is 2.63 bits per heavy atom. The van der Waals surface area contributed by atoms with Crippen molar-refractivity contribution in [3.63, 3.8) is 0 Å². The molecule has 0 saturated heterocycles. The highest BCUT2D eigenvalue weighted by molar-refractivity contribution is 7.13. The maximum absolute atomic E-state index is 12.1. The number of anilines is 1. The molecule has 0 saturated carbocycles. The van der Waals surface area contributed by atoms with Crippen LogP contribution in [-0.4, -0.2) is 38.7 Å². The standard InChI is InChI=1S/C18H19N5O3S/c1-11-7-12(2)17(13(3)8-11)19-15(24)10-26-16(25)9-23-21-18(20-22-23)14-5-4-6-27-14/h4-8H,9-10H2,1-3H3,(H,19,24). The van der Waals surface area contributed by atoms with Crippen LogP contribution in [0.5, 0.6) is 0 Å². The zero-order chi connectivity index (χ0) is 19.4. The van der Waals surface area contributed by atoms with E-state index in [0.29, 0.717) is 5.82 Å². The van der Waals surface area contributed by atoms with Gasteiger partial charge in [0, 0.05) is 5.69 Å². The molecular weight excluding hydrogens is 366 g/mol. The Morgan fingerprint density at radius 1 is 1.22 bits per heavy atom. The van der Waals surface area contributed by atoms with E-state index in [9.17, 15) is 9.59 Å². The summed E-state index contributed by atoms with van der Waals surface area (Å²) in [6.45, 7) is 5.24. The van der Waals surface area contributed by atoms with Crippen LogP contribution in [0, 0.1) is 20.8 Å². The van der Waals surface area contributed by atoms with E-state index in [2.05, 4.69) is 20.7 Å². The molecule has 0 unspecified atom stereocenters. The Labute approximate surface area is 160 Å². The molecule has 0 fully saturated rings. The number of hydrogen-bond donors (Lipinski definition) is 1. The number of aromatic nitrogens is 4. The van der Waals surface area contributed by atoms with Crippen LogP contribution in [0.1, 0.15) is 16.7 Å². The summed E-state index contributed by atoms with van der Waals surface area (Å²) in [6, 6.07) is 7.71. The van der Waals surface area contributed by atoms with Gasteiger partial charge >= 0.3 is 5.97 Å². The lowest BCUT2D eigenvalue weighted by atomic mass is 10.1. The number of carbonyl (C=O) groups excluding carboxylic acids is 2. The first-order valence-corrected chi connectivity index (χ1v) is 9.15. The second kappa shape index (κ2) is 8.09. The number of aryl methyl sites for hydroxylation is 3. The van der Waals surface area contributed by atoms with Gasteiger partial charge in [-0.25, -0.2) is 4.79 Å². The molecule has 0 spiro atoms. The quantitative estimate of drug-likeness (QED) is 0.655. The highest BCUT2D eigenvalue weighted by Gasteiger charge is 2.14. The smallest absolute Gasteiger partial charge is 0.330 e. The number of rotatable bonds is 6. The van der Waals surface area contributed by atoms with Crippen LogP contribution in [0.2, 0.25) is 0 Å². The van der Waals surface area contributed by atoms with Crippen molar-refractivity contribution < 1.29 is 14.3 Å². The molecule has 0 radical (unpaired) electrons. The molecule has 3 rings (SSSR count). The molecule has 0 aliphatic rings. The Kier molecular flexibility index (Phi) is 5.60. The van der Waals surface area contributed by atoms with E-state index in [1.807, 2.05) is 50.4 Å². The zero-order valence-corrected chi connectivity index (χ0v) is 16.0. The fraction of sp³-hybridized carbons (Fsp3) is 0.278. The predicted molar refractivity (Wildman–Crippen MR) is 101 cm³/mol. The van der Waals surface area contributed by atoms with Crippen LogP contribution in [0.25, 0.3) is 10.7 Å². The first kappa shape index (κ1) is 18.7. The molecule has 1 aromatic carbocycles. The molecule has 2 aromatic heterocycles. The van der Waals surface area contributed by atoms with Crippen molar-refractivity contribution in [1.29, 1.82) is 0 Å². The summed E-state index contributed by atoms with van der Waals surface area (Å²) in [5, 5.41) is 16.5. The van der Waals surface area contributed by atoms with E-state index in [1.165, 1.54) is 11.3 Å². The normalized spacial score (nSPS) is 10.6. The van der Waals surface area contributed by atoms with Crippen molar-refractivity contribution in [3.8, 4) is 10.7 Å². The lowest BCUT2D eigenvalue weighted by Crippen LogP contribution is -2.24. The first-order valence-electron chi connectivity index (χ1n) is 8.27. The summed E-state index contributed by atoms with van der Waals surface area (Å²) in [4.78, 5) is 26.0. The van der Waals surface area contributed by atoms with Crippen molar-refractivity contribution >= 4 is 28.9 Å². The van der Waals surface area contributed by atoms with Gasteiger partial charge in [-0.3, -0.25) is 4.79 Å². The summed E-state index contributed by atoms with van der Waals surface area (Å²) in [5.41, 5.74) is 3.78. The molecule has 9 heteroatoms. The molecule has 0 atom stereocenters. The van der Waals surface area contributed by atoms with E-state index < -0.39 is 11.9 Å². The number of esters is 1. The van der Waals surface area contributed by atoms with E-state index in [1.54, 1.807) is 0 Å². The van der Waals surface area contributed by atoms with Gasteiger partial charge in [0.15, 0.2) is 13.2 Å². The molecule has 8 nitrogen and oxygen atoms in total. The van der Waals surface area contributed by atoms with Crippen LogP contribution in [0.15, 0.2) is 29.6 Å².